The maximum absolute atomic E-state index is 13.1. The monoisotopic (exact) mass is 865 g/mol. The number of nitrogen functional groups attached to an aromatic ring is 1. The van der Waals surface area contributed by atoms with Gasteiger partial charge in [0.05, 0.1) is 48.2 Å². The van der Waals surface area contributed by atoms with Gasteiger partial charge in [0.1, 0.15) is 30.5 Å². The number of fused-ring (bicyclic) bond motifs is 1. The molecule has 3 aromatic heterocycles. The molecule has 1 unspecified atom stereocenters. The van der Waals surface area contributed by atoms with Crippen molar-refractivity contribution in [2.24, 2.45) is 0 Å². The first-order valence-corrected chi connectivity index (χ1v) is 24.3. The van der Waals surface area contributed by atoms with Crippen LogP contribution in [0.4, 0.5) is 5.69 Å². The Morgan fingerprint density at radius 2 is 1.58 bits per heavy atom. The number of hydrogen-bond acceptors (Lipinski definition) is 14. The quantitative estimate of drug-likeness (QED) is 0.0410. The predicted molar refractivity (Wildman–Crippen MR) is 222 cm³/mol. The fourth-order valence-corrected chi connectivity index (χ4v) is 8.47. The molecule has 0 aromatic carbocycles. The van der Waals surface area contributed by atoms with Crippen LogP contribution in [0.5, 0.6) is 0 Å². The van der Waals surface area contributed by atoms with Gasteiger partial charge in [-0.1, -0.05) is 103 Å². The summed E-state index contributed by atoms with van der Waals surface area (Å²) in [5, 5.41) is 36.2. The number of ether oxygens (including phenoxy) is 3. The molecule has 0 bridgehead atoms. The van der Waals surface area contributed by atoms with Gasteiger partial charge in [0.2, 0.25) is 5.60 Å². The summed E-state index contributed by atoms with van der Waals surface area (Å²) in [4.78, 5) is 14.6. The molecule has 18 heteroatoms. The minimum Gasteiger partial charge on any atom is -0.397 e. The minimum absolute atomic E-state index is 0.00306. The second kappa shape index (κ2) is 24.4. The molecule has 0 aliphatic carbocycles. The molecule has 0 spiro atoms. The van der Waals surface area contributed by atoms with Gasteiger partial charge in [0.25, 0.3) is 0 Å². The van der Waals surface area contributed by atoms with Crippen LogP contribution < -0.4 is 5.73 Å². The smallest absolute Gasteiger partial charge is 0.397 e. The molecule has 59 heavy (non-hydrogen) atoms. The van der Waals surface area contributed by atoms with Gasteiger partial charge in [-0.15, -0.1) is 0 Å². The van der Waals surface area contributed by atoms with E-state index < -0.39 is 60.9 Å². The number of aliphatic hydroxyl groups excluding tert-OH is 2. The van der Waals surface area contributed by atoms with Crippen LogP contribution in [0, 0.1) is 11.3 Å². The summed E-state index contributed by atoms with van der Waals surface area (Å²) < 4.78 is 66.5. The topological polar surface area (TPSA) is 238 Å². The first-order valence-electron chi connectivity index (χ1n) is 20.9. The molecule has 0 saturated carbocycles. The Balaban J connectivity index is 1.21. The Bertz CT molecular complexity index is 1910. The summed E-state index contributed by atoms with van der Waals surface area (Å²) in [5.41, 5.74) is 5.27. The third-order valence-electron chi connectivity index (χ3n) is 10.5. The molecular formula is C41H64N5O11PS. The zero-order chi connectivity index (χ0) is 42.7. The molecule has 4 rings (SSSR count). The fraction of sp³-hybridized carbons (Fsp3) is 0.683. The Labute approximate surface area is 348 Å². The third-order valence-corrected chi connectivity index (χ3v) is 12.6. The number of aliphatic hydroxyl groups is 2. The molecule has 16 nitrogen and oxygen atoms in total. The van der Waals surface area contributed by atoms with Gasteiger partial charge in [-0.3, -0.25) is 14.0 Å². The van der Waals surface area contributed by atoms with Crippen LogP contribution in [-0.4, -0.2) is 95.2 Å². The molecule has 6 atom stereocenters. The van der Waals surface area contributed by atoms with Crippen LogP contribution in [0.1, 0.15) is 121 Å². The molecule has 5 N–H and O–H groups in total. The molecule has 1 saturated heterocycles. The van der Waals surface area contributed by atoms with E-state index in [-0.39, 0.29) is 23.8 Å². The van der Waals surface area contributed by atoms with Crippen molar-refractivity contribution in [1.82, 2.24) is 14.6 Å². The summed E-state index contributed by atoms with van der Waals surface area (Å²) in [5.74, 6) is 0. The molecular weight excluding hydrogens is 802 g/mol. The molecule has 1 fully saturated rings. The number of phosphoric acid groups is 1. The third kappa shape index (κ3) is 15.1. The normalized spacial score (nSPS) is 21.1. The van der Waals surface area contributed by atoms with E-state index in [1.165, 1.54) is 119 Å². The second-order valence-corrected chi connectivity index (χ2v) is 18.9. The lowest BCUT2D eigenvalue weighted by atomic mass is 9.92. The number of rotatable bonds is 30. The van der Waals surface area contributed by atoms with E-state index in [4.69, 9.17) is 29.0 Å². The zero-order valence-corrected chi connectivity index (χ0v) is 36.2. The number of sulfone groups is 1. The summed E-state index contributed by atoms with van der Waals surface area (Å²) in [6, 6.07) is 7.98. The van der Waals surface area contributed by atoms with E-state index >= 15 is 0 Å². The molecule has 330 valence electrons. The highest BCUT2D eigenvalue weighted by atomic mass is 32.2. The second-order valence-electron chi connectivity index (χ2n) is 15.4. The van der Waals surface area contributed by atoms with Gasteiger partial charge in [0.15, 0.2) is 9.84 Å². The minimum atomic E-state index is -4.82. The van der Waals surface area contributed by atoms with Crippen molar-refractivity contribution in [3.63, 3.8) is 0 Å². The van der Waals surface area contributed by atoms with Crippen molar-refractivity contribution in [2.45, 2.75) is 151 Å². The molecule has 3 aromatic rings. The summed E-state index contributed by atoms with van der Waals surface area (Å²) in [6.07, 6.45) is 19.5. The van der Waals surface area contributed by atoms with Crippen molar-refractivity contribution in [3.05, 3.63) is 54.1 Å². The Hall–Kier alpha value is -3.01. The number of phosphoric ester groups is 1. The number of hydrogen-bond donors (Lipinski definition) is 4. The number of aromatic nitrogens is 3. The molecule has 1 aliphatic rings. The lowest BCUT2D eigenvalue weighted by Crippen LogP contribution is -2.41. The molecule has 1 aliphatic heterocycles. The maximum Gasteiger partial charge on any atom is 0.472 e. The zero-order valence-electron chi connectivity index (χ0n) is 34.5. The van der Waals surface area contributed by atoms with E-state index in [2.05, 4.69) is 17.0 Å². The maximum atomic E-state index is 13.1. The largest absolute Gasteiger partial charge is 0.472 e. The Morgan fingerprint density at radius 1 is 0.949 bits per heavy atom. The molecule has 4 heterocycles. The van der Waals surface area contributed by atoms with E-state index in [1.54, 1.807) is 12.1 Å². The Morgan fingerprint density at radius 3 is 2.19 bits per heavy atom. The number of anilines is 1. The number of nitrogens with zero attached hydrogens (tertiary/aromatic N) is 4. The van der Waals surface area contributed by atoms with E-state index in [0.717, 1.165) is 25.5 Å². The molecule has 0 radical (unpaired) electrons. The number of nitrogens with two attached hydrogens (primary N) is 1. The number of pyridine rings is 1. The van der Waals surface area contributed by atoms with Crippen LogP contribution in [0.15, 0.2) is 47.8 Å². The van der Waals surface area contributed by atoms with Gasteiger partial charge in [0, 0.05) is 31.5 Å². The highest BCUT2D eigenvalue weighted by molar-refractivity contribution is 7.90. The van der Waals surface area contributed by atoms with Gasteiger partial charge in [-0.25, -0.2) is 17.5 Å². The van der Waals surface area contributed by atoms with Gasteiger partial charge in [-0.2, -0.15) is 10.4 Å². The van der Waals surface area contributed by atoms with Crippen LogP contribution in [0.25, 0.3) is 5.52 Å². The summed E-state index contributed by atoms with van der Waals surface area (Å²) in [7, 11) is -8.33. The van der Waals surface area contributed by atoms with Gasteiger partial charge < -0.3 is 35.1 Å². The average molecular weight is 866 g/mol. The first kappa shape index (κ1) is 48.7. The average Bonchev–Trinajstić information content (AvgIpc) is 3.76. The number of nitriles is 1. The van der Waals surface area contributed by atoms with Crippen LogP contribution >= 0.6 is 7.82 Å². The van der Waals surface area contributed by atoms with E-state index in [0.29, 0.717) is 23.4 Å². The SMILES string of the molecule is CCCCCCCCCCCCCCCCCCOC[C@H](COP(=O)(O)OC[C@H]1O[C@@](C#N)(c2ccc3c(N)ccnn23)[C@H](O)[C@@H]1O)OCc1cncc(S(C)(=O)=O)c1. The lowest BCUT2D eigenvalue weighted by molar-refractivity contribution is -0.0690. The lowest BCUT2D eigenvalue weighted by Gasteiger charge is -2.24. The molecule has 0 amide bonds. The van der Waals surface area contributed by atoms with Crippen LogP contribution in [0.2, 0.25) is 0 Å². The van der Waals surface area contributed by atoms with Crippen LogP contribution in [-0.2, 0) is 49.9 Å². The van der Waals surface area contributed by atoms with E-state index in [9.17, 15) is 33.4 Å². The Kier molecular flexibility index (Phi) is 20.2. The highest BCUT2D eigenvalue weighted by Gasteiger charge is 2.58. The standard InChI is InChI=1S/C41H64N5O11PS/c1-3-4-5-6-7-8-9-10-11-12-13-14-15-16-17-18-23-53-28-33(54-27-32-24-34(26-44-25-32)59(2,51)52)29-55-58(49,50)56-30-37-39(47)40(48)41(31-42,57-37)38-20-19-36-35(43)21-22-45-46(36)38/h19-22,24-26,33,37,39-40,47-48H,3-18,23,27-30,43H2,1-2H3,(H,49,50)/t33-,37-,39-,40-,41+/m1/s1. The first-order chi connectivity index (χ1) is 28.3. The van der Waals surface area contributed by atoms with Crippen molar-refractivity contribution in [1.29, 1.82) is 5.26 Å². The predicted octanol–water partition coefficient (Wildman–Crippen LogP) is 6.55. The van der Waals surface area contributed by atoms with Gasteiger partial charge >= 0.3 is 7.82 Å². The van der Waals surface area contributed by atoms with Crippen LogP contribution in [0.3, 0.4) is 0 Å². The van der Waals surface area contributed by atoms with Gasteiger partial charge in [-0.05, 0) is 36.2 Å². The van der Waals surface area contributed by atoms with Crippen molar-refractivity contribution >= 4 is 28.9 Å². The summed E-state index contributed by atoms with van der Waals surface area (Å²) in [6.45, 7) is 1.43. The highest BCUT2D eigenvalue weighted by Crippen LogP contribution is 2.46. The van der Waals surface area contributed by atoms with E-state index in [1.807, 2.05) is 6.07 Å². The fourth-order valence-electron chi connectivity index (χ4n) is 7.09. The van der Waals surface area contributed by atoms with Crippen molar-refractivity contribution in [2.75, 3.05) is 38.4 Å². The van der Waals surface area contributed by atoms with Crippen molar-refractivity contribution < 1.29 is 51.3 Å². The summed E-state index contributed by atoms with van der Waals surface area (Å²) >= 11 is 0. The van der Waals surface area contributed by atoms with Crippen molar-refractivity contribution in [3.8, 4) is 6.07 Å². The number of unbranched alkanes of at least 4 members (excludes halogenated alkanes) is 15.